The molecule has 0 unspecified atom stereocenters. The Hall–Kier alpha value is -2.88. The van der Waals surface area contributed by atoms with Crippen LogP contribution in [0.2, 0.25) is 0 Å². The molecule has 0 aliphatic heterocycles. The number of nitrogens with one attached hydrogen (secondary N) is 1. The Kier molecular flexibility index (Phi) is 4.70. The van der Waals surface area contributed by atoms with Crippen molar-refractivity contribution in [1.29, 1.82) is 0 Å². The second-order valence-electron chi connectivity index (χ2n) is 6.59. The quantitative estimate of drug-likeness (QED) is 0.825. The van der Waals surface area contributed by atoms with E-state index in [1.54, 1.807) is 0 Å². The zero-order valence-electron chi connectivity index (χ0n) is 14.5. The molecule has 2 aromatic carbocycles. The highest BCUT2D eigenvalue weighted by atomic mass is 16.2. The number of carbonyl (C=O) groups is 2. The summed E-state index contributed by atoms with van der Waals surface area (Å²) in [6, 6.07) is 15.1. The van der Waals surface area contributed by atoms with E-state index in [1.165, 1.54) is 0 Å². The third kappa shape index (κ3) is 3.33. The average Bonchev–Trinajstić information content (AvgIpc) is 2.92. The predicted octanol–water partition coefficient (Wildman–Crippen LogP) is 3.13. The lowest BCUT2D eigenvalue weighted by atomic mass is 9.95. The van der Waals surface area contributed by atoms with Gasteiger partial charge in [0.05, 0.1) is 5.92 Å². The Morgan fingerprint density at radius 2 is 1.56 bits per heavy atom. The van der Waals surface area contributed by atoms with Crippen molar-refractivity contribution in [3.8, 4) is 11.1 Å². The molecule has 3 rings (SSSR count). The lowest BCUT2D eigenvalue weighted by Gasteiger charge is -2.19. The van der Waals surface area contributed by atoms with E-state index < -0.39 is 17.9 Å². The highest BCUT2D eigenvalue weighted by molar-refractivity contribution is 5.98. The van der Waals surface area contributed by atoms with E-state index in [-0.39, 0.29) is 5.91 Å². The minimum absolute atomic E-state index is 0.191. The number of fused-ring (bicyclic) bond motifs is 3. The second-order valence-corrected chi connectivity index (χ2v) is 6.59. The van der Waals surface area contributed by atoms with E-state index in [1.807, 2.05) is 68.5 Å². The summed E-state index contributed by atoms with van der Waals surface area (Å²) in [7, 11) is 0. The van der Waals surface area contributed by atoms with Crippen LogP contribution in [-0.4, -0.2) is 17.9 Å². The SMILES string of the molecule is CC(C)=CC[C@H](NC(=O)C1c2ccccc2-c2ccccc21)C(N)=O. The van der Waals surface area contributed by atoms with Crippen molar-refractivity contribution in [1.82, 2.24) is 5.32 Å². The number of rotatable bonds is 5. The van der Waals surface area contributed by atoms with Crippen LogP contribution >= 0.6 is 0 Å². The predicted molar refractivity (Wildman–Crippen MR) is 98.9 cm³/mol. The Bertz CT molecular complexity index is 805. The van der Waals surface area contributed by atoms with Gasteiger partial charge in [-0.2, -0.15) is 0 Å². The van der Waals surface area contributed by atoms with Gasteiger partial charge in [0.1, 0.15) is 6.04 Å². The van der Waals surface area contributed by atoms with Crippen LogP contribution in [0.15, 0.2) is 60.2 Å². The first-order chi connectivity index (χ1) is 12.0. The number of carbonyl (C=O) groups excluding carboxylic acids is 2. The van der Waals surface area contributed by atoms with Crippen molar-refractivity contribution in [2.45, 2.75) is 32.2 Å². The molecule has 0 fully saturated rings. The van der Waals surface area contributed by atoms with Crippen molar-refractivity contribution < 1.29 is 9.59 Å². The number of hydrogen-bond acceptors (Lipinski definition) is 2. The van der Waals surface area contributed by atoms with Gasteiger partial charge in [-0.15, -0.1) is 0 Å². The molecule has 128 valence electrons. The summed E-state index contributed by atoms with van der Waals surface area (Å²) in [6.45, 7) is 3.90. The van der Waals surface area contributed by atoms with Gasteiger partial charge in [-0.1, -0.05) is 60.2 Å². The molecule has 2 aromatic rings. The molecule has 4 nitrogen and oxygen atoms in total. The zero-order valence-corrected chi connectivity index (χ0v) is 14.5. The minimum atomic E-state index is -0.706. The van der Waals surface area contributed by atoms with Gasteiger partial charge in [0.15, 0.2) is 0 Å². The van der Waals surface area contributed by atoms with E-state index in [2.05, 4.69) is 5.32 Å². The number of allylic oxidation sites excluding steroid dienone is 1. The molecule has 0 heterocycles. The zero-order chi connectivity index (χ0) is 18.0. The van der Waals surface area contributed by atoms with Gasteiger partial charge in [0.25, 0.3) is 0 Å². The molecule has 3 N–H and O–H groups in total. The fourth-order valence-corrected chi connectivity index (χ4v) is 3.29. The van der Waals surface area contributed by atoms with Crippen LogP contribution in [-0.2, 0) is 9.59 Å². The average molecular weight is 334 g/mol. The molecule has 25 heavy (non-hydrogen) atoms. The molecule has 4 heteroatoms. The lowest BCUT2D eigenvalue weighted by Crippen LogP contribution is -2.45. The molecule has 0 saturated carbocycles. The van der Waals surface area contributed by atoms with Crippen LogP contribution in [0.3, 0.4) is 0 Å². The van der Waals surface area contributed by atoms with E-state index in [4.69, 9.17) is 5.73 Å². The van der Waals surface area contributed by atoms with Crippen LogP contribution in [0.25, 0.3) is 11.1 Å². The molecule has 0 bridgehead atoms. The smallest absolute Gasteiger partial charge is 0.240 e. The monoisotopic (exact) mass is 334 g/mol. The van der Waals surface area contributed by atoms with Gasteiger partial charge < -0.3 is 11.1 Å². The van der Waals surface area contributed by atoms with Gasteiger partial charge in [0.2, 0.25) is 11.8 Å². The first kappa shape index (κ1) is 17.0. The molecule has 1 aliphatic rings. The van der Waals surface area contributed by atoms with Crippen molar-refractivity contribution in [2.24, 2.45) is 5.73 Å². The normalized spacial score (nSPS) is 13.5. The van der Waals surface area contributed by atoms with Crippen LogP contribution in [0, 0.1) is 0 Å². The molecular formula is C21H22N2O2. The Labute approximate surface area is 147 Å². The summed E-state index contributed by atoms with van der Waals surface area (Å²) in [5, 5.41) is 2.84. The summed E-state index contributed by atoms with van der Waals surface area (Å²) >= 11 is 0. The van der Waals surface area contributed by atoms with E-state index in [0.29, 0.717) is 6.42 Å². The molecule has 0 radical (unpaired) electrons. The summed E-state index contributed by atoms with van der Waals surface area (Å²) in [6.07, 6.45) is 2.31. The molecule has 1 atom stereocenters. The van der Waals surface area contributed by atoms with Gasteiger partial charge in [-0.3, -0.25) is 9.59 Å². The van der Waals surface area contributed by atoms with E-state index in [0.717, 1.165) is 27.8 Å². The van der Waals surface area contributed by atoms with Crippen LogP contribution in [0.4, 0.5) is 0 Å². The van der Waals surface area contributed by atoms with Crippen molar-refractivity contribution in [2.75, 3.05) is 0 Å². The maximum Gasteiger partial charge on any atom is 0.240 e. The topological polar surface area (TPSA) is 72.2 Å². The van der Waals surface area contributed by atoms with E-state index in [9.17, 15) is 9.59 Å². The first-order valence-corrected chi connectivity index (χ1v) is 8.40. The summed E-state index contributed by atoms with van der Waals surface area (Å²) in [5.74, 6) is -1.13. The fourth-order valence-electron chi connectivity index (χ4n) is 3.29. The second kappa shape index (κ2) is 6.93. The Morgan fingerprint density at radius 3 is 2.04 bits per heavy atom. The first-order valence-electron chi connectivity index (χ1n) is 8.40. The fraction of sp³-hybridized carbons (Fsp3) is 0.238. The maximum atomic E-state index is 13.0. The molecule has 0 spiro atoms. The van der Waals surface area contributed by atoms with Crippen LogP contribution in [0.1, 0.15) is 37.3 Å². The lowest BCUT2D eigenvalue weighted by molar-refractivity contribution is -0.127. The molecule has 2 amide bonds. The van der Waals surface area contributed by atoms with Gasteiger partial charge in [0, 0.05) is 0 Å². The third-order valence-corrected chi connectivity index (χ3v) is 4.52. The third-order valence-electron chi connectivity index (χ3n) is 4.52. The number of nitrogens with two attached hydrogens (primary N) is 1. The summed E-state index contributed by atoms with van der Waals surface area (Å²) in [4.78, 5) is 24.7. The maximum absolute atomic E-state index is 13.0. The number of amides is 2. The summed E-state index contributed by atoms with van der Waals surface area (Å²) in [5.41, 5.74) is 10.6. The summed E-state index contributed by atoms with van der Waals surface area (Å²) < 4.78 is 0. The molecule has 0 saturated heterocycles. The van der Waals surface area contributed by atoms with Crippen LogP contribution in [0.5, 0.6) is 0 Å². The van der Waals surface area contributed by atoms with Gasteiger partial charge in [-0.25, -0.2) is 0 Å². The van der Waals surface area contributed by atoms with Gasteiger partial charge >= 0.3 is 0 Å². The standard InChI is InChI=1S/C21H22N2O2/c1-13(2)11-12-18(20(22)24)23-21(25)19-16-9-5-3-7-14(16)15-8-4-6-10-17(15)19/h3-11,18-19H,12H2,1-2H3,(H2,22,24)(H,23,25)/t18-/m0/s1. The highest BCUT2D eigenvalue weighted by Crippen LogP contribution is 2.44. The van der Waals surface area contributed by atoms with E-state index >= 15 is 0 Å². The Balaban J connectivity index is 1.91. The number of benzene rings is 2. The molecule has 0 aromatic heterocycles. The van der Waals surface area contributed by atoms with Crippen molar-refractivity contribution in [3.63, 3.8) is 0 Å². The van der Waals surface area contributed by atoms with Crippen LogP contribution < -0.4 is 11.1 Å². The van der Waals surface area contributed by atoms with Crippen molar-refractivity contribution >= 4 is 11.8 Å². The molecular weight excluding hydrogens is 312 g/mol. The Morgan fingerprint density at radius 1 is 1.04 bits per heavy atom. The number of hydrogen-bond donors (Lipinski definition) is 2. The minimum Gasteiger partial charge on any atom is -0.368 e. The highest BCUT2D eigenvalue weighted by Gasteiger charge is 2.34. The largest absolute Gasteiger partial charge is 0.368 e. The number of primary amides is 1. The molecule has 1 aliphatic carbocycles. The van der Waals surface area contributed by atoms with Crippen molar-refractivity contribution in [3.05, 3.63) is 71.3 Å². The van der Waals surface area contributed by atoms with Gasteiger partial charge in [-0.05, 0) is 42.5 Å².